The van der Waals surface area contributed by atoms with Crippen LogP contribution in [-0.2, 0) is 0 Å². The number of hydrogen-bond donors (Lipinski definition) is 1. The highest BCUT2D eigenvalue weighted by Gasteiger charge is 2.25. The summed E-state index contributed by atoms with van der Waals surface area (Å²) in [4.78, 5) is 5.85. The second kappa shape index (κ2) is 14.5. The highest BCUT2D eigenvalue weighted by atomic mass is 32.1. The number of hydrogen-bond acceptors (Lipinski definition) is 4. The predicted molar refractivity (Wildman–Crippen MR) is 281 cm³/mol. The van der Waals surface area contributed by atoms with Crippen LogP contribution in [0, 0.1) is 0 Å². The normalized spacial score (nSPS) is 16.0. The number of fused-ring (bicyclic) bond motifs is 13. The Balaban J connectivity index is 1.03. The van der Waals surface area contributed by atoms with E-state index in [4.69, 9.17) is 9.41 Å². The maximum Gasteiger partial charge on any atom is 0.159 e. The first-order valence-corrected chi connectivity index (χ1v) is 23.7. The zero-order chi connectivity index (χ0) is 43.5. The zero-order valence-electron chi connectivity index (χ0n) is 36.2. The lowest BCUT2D eigenvalue weighted by atomic mass is 9.95. The Morgan fingerprint density at radius 1 is 0.515 bits per heavy atom. The molecule has 0 bridgehead atoms. The van der Waals surface area contributed by atoms with Crippen LogP contribution in [0.3, 0.4) is 0 Å². The summed E-state index contributed by atoms with van der Waals surface area (Å²) in [6.07, 6.45) is 1.27. The van der Waals surface area contributed by atoms with E-state index in [-0.39, 0.29) is 6.17 Å². The predicted octanol–water partition coefficient (Wildman–Crippen LogP) is 16.8. The van der Waals surface area contributed by atoms with Crippen molar-refractivity contribution < 1.29 is 4.42 Å². The summed E-state index contributed by atoms with van der Waals surface area (Å²) < 4.78 is 12.0. The molecule has 0 saturated heterocycles. The summed E-state index contributed by atoms with van der Waals surface area (Å²) >= 11 is 1.85. The lowest BCUT2D eigenvalue weighted by Gasteiger charge is -2.26. The van der Waals surface area contributed by atoms with Gasteiger partial charge >= 0.3 is 0 Å². The second-order valence-corrected chi connectivity index (χ2v) is 19.0. The van der Waals surface area contributed by atoms with Crippen LogP contribution in [0.4, 0.5) is 0 Å². The molecule has 0 saturated carbocycles. The molecule has 13 aromatic rings. The van der Waals surface area contributed by atoms with Crippen molar-refractivity contribution in [2.24, 2.45) is 4.99 Å². The molecular formula is C61H41N3OS. The van der Waals surface area contributed by atoms with Gasteiger partial charge in [0.15, 0.2) is 5.58 Å². The van der Waals surface area contributed by atoms with Gasteiger partial charge in [0.05, 0.1) is 16.7 Å². The number of nitrogens with one attached hydrogen (secondary N) is 1. The van der Waals surface area contributed by atoms with Crippen molar-refractivity contribution in [1.29, 1.82) is 0 Å². The van der Waals surface area contributed by atoms with Crippen molar-refractivity contribution in [3.63, 3.8) is 0 Å². The van der Waals surface area contributed by atoms with E-state index in [1.807, 2.05) is 11.3 Å². The van der Waals surface area contributed by atoms with Gasteiger partial charge in [-0.05, 0) is 117 Å². The average Bonchev–Trinajstić information content (AvgIpc) is 4.03. The van der Waals surface area contributed by atoms with Crippen LogP contribution in [0.5, 0.6) is 0 Å². The summed E-state index contributed by atoms with van der Waals surface area (Å²) in [7, 11) is 0. The van der Waals surface area contributed by atoms with Gasteiger partial charge in [-0.15, -0.1) is 11.3 Å². The SMILES string of the molecule is C/C1=C(/c2ccc3ccccc3c2)NC(c2ccc3c(c2)sc2ccccc23)N=C(c2cc(-n3c4cc5ccccc5cc4c4ccc5ccccc5c43)c3oc4ccccc4c3c2)CC1. The third-order valence-electron chi connectivity index (χ3n) is 14.0. The lowest BCUT2D eigenvalue weighted by Crippen LogP contribution is -2.23. The van der Waals surface area contributed by atoms with E-state index in [0.717, 1.165) is 68.5 Å². The number of rotatable bonds is 4. The molecule has 5 heteroatoms. The number of allylic oxidation sites excluding steroid dienone is 1. The molecule has 0 aliphatic carbocycles. The number of benzene rings is 10. The molecule has 4 nitrogen and oxygen atoms in total. The van der Waals surface area contributed by atoms with Gasteiger partial charge < -0.3 is 14.3 Å². The molecule has 1 unspecified atom stereocenters. The first kappa shape index (κ1) is 37.4. The van der Waals surface area contributed by atoms with Crippen molar-refractivity contribution in [2.45, 2.75) is 25.9 Å². The van der Waals surface area contributed by atoms with Gasteiger partial charge in [0.2, 0.25) is 0 Å². The van der Waals surface area contributed by atoms with E-state index in [0.29, 0.717) is 0 Å². The second-order valence-electron chi connectivity index (χ2n) is 17.9. The van der Waals surface area contributed by atoms with Crippen molar-refractivity contribution in [3.8, 4) is 5.69 Å². The fourth-order valence-corrected chi connectivity index (χ4v) is 11.9. The molecule has 1 aliphatic heterocycles. The summed E-state index contributed by atoms with van der Waals surface area (Å²) in [6, 6.07) is 71.0. The first-order valence-electron chi connectivity index (χ1n) is 22.8. The molecule has 66 heavy (non-hydrogen) atoms. The standard InChI is InChI=1S/C61H41N3OS/c1-36-22-29-52(62-61(63-58(36)42-24-23-37-12-2-3-14-39(37)30-42)43-26-27-48-47-19-9-11-21-56(47)66-57(48)35-43)44-32-51-46-18-8-10-20-55(46)65-60(51)54(34-44)64-53-33-41-16-5-4-15-40(41)31-50(53)49-28-25-38-13-6-7-17-45(38)59(49)64/h2-21,23-28,30-35,61,63H,22,29H2,1H3/b58-36+,62-52?. The maximum absolute atomic E-state index is 6.98. The van der Waals surface area contributed by atoms with Crippen LogP contribution in [0.25, 0.3) is 108 Å². The molecule has 4 heterocycles. The van der Waals surface area contributed by atoms with E-state index in [9.17, 15) is 0 Å². The minimum Gasteiger partial charge on any atom is -0.454 e. The van der Waals surface area contributed by atoms with Crippen molar-refractivity contribution in [2.75, 3.05) is 0 Å². The number of para-hydroxylation sites is 1. The fourth-order valence-electron chi connectivity index (χ4n) is 10.8. The van der Waals surface area contributed by atoms with Gasteiger partial charge in [-0.1, -0.05) is 146 Å². The molecule has 0 spiro atoms. The minimum absolute atomic E-state index is 0.352. The summed E-state index contributed by atoms with van der Waals surface area (Å²) in [6.45, 7) is 2.29. The Morgan fingerprint density at radius 3 is 2.06 bits per heavy atom. The van der Waals surface area contributed by atoms with E-state index in [1.54, 1.807) is 0 Å². The lowest BCUT2D eigenvalue weighted by molar-refractivity contribution is 0.657. The van der Waals surface area contributed by atoms with Crippen molar-refractivity contribution in [3.05, 3.63) is 216 Å². The third-order valence-corrected chi connectivity index (χ3v) is 15.2. The number of aromatic nitrogens is 1. The Hall–Kier alpha value is -7.99. The van der Waals surface area contributed by atoms with Crippen LogP contribution in [0.2, 0.25) is 0 Å². The van der Waals surface area contributed by atoms with E-state index in [2.05, 4.69) is 211 Å². The number of aliphatic imine (C=N–C) groups is 1. The smallest absolute Gasteiger partial charge is 0.159 e. The largest absolute Gasteiger partial charge is 0.454 e. The number of thiophene rings is 1. The molecule has 0 fully saturated rings. The number of furan rings is 1. The van der Waals surface area contributed by atoms with Gasteiger partial charge in [0.25, 0.3) is 0 Å². The highest BCUT2D eigenvalue weighted by molar-refractivity contribution is 7.25. The number of nitrogens with zero attached hydrogens (tertiary/aromatic N) is 2. The quantitative estimate of drug-likeness (QED) is 0.192. The molecule has 3 aromatic heterocycles. The van der Waals surface area contributed by atoms with Gasteiger partial charge in [-0.2, -0.15) is 0 Å². The molecule has 14 rings (SSSR count). The molecule has 0 radical (unpaired) electrons. The van der Waals surface area contributed by atoms with Crippen LogP contribution in [-0.4, -0.2) is 10.3 Å². The first-order chi connectivity index (χ1) is 32.6. The topological polar surface area (TPSA) is 42.5 Å². The van der Waals surface area contributed by atoms with Crippen LogP contribution in [0.1, 0.15) is 42.6 Å². The zero-order valence-corrected chi connectivity index (χ0v) is 37.0. The molecular weight excluding hydrogens is 823 g/mol. The van der Waals surface area contributed by atoms with Crippen LogP contribution in [0.15, 0.2) is 209 Å². The molecule has 0 amide bonds. The summed E-state index contributed by atoms with van der Waals surface area (Å²) in [5.41, 5.74) is 12.0. The van der Waals surface area contributed by atoms with Gasteiger partial charge in [0, 0.05) is 58.5 Å². The van der Waals surface area contributed by atoms with E-state index < -0.39 is 0 Å². The Labute approximate surface area is 384 Å². The van der Waals surface area contributed by atoms with Gasteiger partial charge in [-0.25, -0.2) is 0 Å². The fraction of sp³-hybridized carbons (Fsp3) is 0.0656. The highest BCUT2D eigenvalue weighted by Crippen LogP contribution is 2.43. The Kier molecular flexibility index (Phi) is 8.22. The average molecular weight is 864 g/mol. The molecule has 312 valence electrons. The van der Waals surface area contributed by atoms with Gasteiger partial charge in [-0.3, -0.25) is 4.99 Å². The van der Waals surface area contributed by atoms with Crippen molar-refractivity contribution >= 4 is 119 Å². The molecule has 1 atom stereocenters. The van der Waals surface area contributed by atoms with Crippen LogP contribution < -0.4 is 5.32 Å². The van der Waals surface area contributed by atoms with E-state index >= 15 is 0 Å². The third kappa shape index (κ3) is 5.80. The van der Waals surface area contributed by atoms with Crippen LogP contribution >= 0.6 is 11.3 Å². The Bertz CT molecular complexity index is 4240. The molecule has 1 aliphatic rings. The maximum atomic E-state index is 6.98. The molecule has 10 aromatic carbocycles. The monoisotopic (exact) mass is 863 g/mol. The van der Waals surface area contributed by atoms with E-state index in [1.165, 1.54) is 79.9 Å². The van der Waals surface area contributed by atoms with Gasteiger partial charge in [0.1, 0.15) is 11.7 Å². The minimum atomic E-state index is -0.352. The molecule has 1 N–H and O–H groups in total. The van der Waals surface area contributed by atoms with Crippen molar-refractivity contribution in [1.82, 2.24) is 9.88 Å². The Morgan fingerprint density at radius 2 is 1.20 bits per heavy atom. The summed E-state index contributed by atoms with van der Waals surface area (Å²) in [5, 5.41) is 18.6. The summed E-state index contributed by atoms with van der Waals surface area (Å²) in [5.74, 6) is 0.